The van der Waals surface area contributed by atoms with Crippen molar-refractivity contribution in [3.63, 3.8) is 0 Å². The van der Waals surface area contributed by atoms with Gasteiger partial charge in [0.25, 0.3) is 5.91 Å². The molecule has 3 aromatic carbocycles. The minimum absolute atomic E-state index is 0.155. The Morgan fingerprint density at radius 1 is 0.967 bits per heavy atom. The van der Waals surface area contributed by atoms with Crippen LogP contribution in [-0.4, -0.2) is 17.1 Å². The first-order chi connectivity index (χ1) is 14.5. The number of aromatic nitrogens is 1. The number of aromatic amines is 1. The van der Waals surface area contributed by atoms with Crippen molar-refractivity contribution in [1.29, 1.82) is 0 Å². The number of hydrogen-bond donors (Lipinski definition) is 2. The molecule has 0 unspecified atom stereocenters. The molecule has 0 aliphatic heterocycles. The molecule has 1 aromatic heterocycles. The van der Waals surface area contributed by atoms with Crippen LogP contribution in [0.25, 0.3) is 22.4 Å². The van der Waals surface area contributed by atoms with Gasteiger partial charge in [0.1, 0.15) is 0 Å². The monoisotopic (exact) mass is 432 g/mol. The van der Waals surface area contributed by atoms with Gasteiger partial charge in [0, 0.05) is 33.6 Å². The summed E-state index contributed by atoms with van der Waals surface area (Å²) in [6, 6.07) is 23.5. The lowest BCUT2D eigenvalue weighted by atomic mass is 9.98. The van der Waals surface area contributed by atoms with E-state index in [1.807, 2.05) is 48.9 Å². The van der Waals surface area contributed by atoms with Gasteiger partial charge >= 0.3 is 0 Å². The Labute approximate surface area is 185 Å². The molecule has 30 heavy (non-hydrogen) atoms. The van der Waals surface area contributed by atoms with E-state index in [4.69, 9.17) is 11.6 Å². The van der Waals surface area contributed by atoms with E-state index in [-0.39, 0.29) is 5.91 Å². The van der Waals surface area contributed by atoms with Crippen molar-refractivity contribution >= 4 is 35.0 Å². The molecule has 0 saturated heterocycles. The second kappa shape index (κ2) is 8.82. The summed E-state index contributed by atoms with van der Waals surface area (Å²) in [7, 11) is 0. The zero-order valence-electron chi connectivity index (χ0n) is 16.7. The van der Waals surface area contributed by atoms with Crippen LogP contribution in [0.15, 0.2) is 83.9 Å². The van der Waals surface area contributed by atoms with Gasteiger partial charge in [0.05, 0.1) is 5.02 Å². The third-order valence-corrected chi connectivity index (χ3v) is 6.00. The maximum atomic E-state index is 13.2. The number of thioether (sulfide) groups is 1. The second-order valence-electron chi connectivity index (χ2n) is 7.01. The number of anilines is 1. The van der Waals surface area contributed by atoms with Crippen LogP contribution in [0.1, 0.15) is 15.9 Å². The van der Waals surface area contributed by atoms with Crippen LogP contribution in [0.5, 0.6) is 0 Å². The van der Waals surface area contributed by atoms with Gasteiger partial charge < -0.3 is 10.3 Å². The van der Waals surface area contributed by atoms with E-state index in [1.54, 1.807) is 17.8 Å². The summed E-state index contributed by atoms with van der Waals surface area (Å²) in [5.41, 5.74) is 6.19. The van der Waals surface area contributed by atoms with Crippen LogP contribution in [0, 0.1) is 6.92 Å². The number of rotatable bonds is 5. The normalized spacial score (nSPS) is 10.8. The smallest absolute Gasteiger partial charge is 0.256 e. The molecule has 0 bridgehead atoms. The topological polar surface area (TPSA) is 44.9 Å². The zero-order valence-corrected chi connectivity index (χ0v) is 18.3. The van der Waals surface area contributed by atoms with E-state index in [9.17, 15) is 4.79 Å². The number of carbonyl (C=O) groups is 1. The van der Waals surface area contributed by atoms with Crippen molar-refractivity contribution in [2.24, 2.45) is 0 Å². The molecule has 2 N–H and O–H groups in total. The van der Waals surface area contributed by atoms with E-state index in [1.165, 1.54) is 5.56 Å². The first-order valence-electron chi connectivity index (χ1n) is 9.55. The number of nitrogens with one attached hydrogen (secondary N) is 2. The Morgan fingerprint density at radius 3 is 2.47 bits per heavy atom. The highest BCUT2D eigenvalue weighted by Crippen LogP contribution is 2.32. The summed E-state index contributed by atoms with van der Waals surface area (Å²) in [5, 5.41) is 3.65. The summed E-state index contributed by atoms with van der Waals surface area (Å²) >= 11 is 8.01. The molecule has 0 spiro atoms. The van der Waals surface area contributed by atoms with Crippen molar-refractivity contribution in [3.05, 3.63) is 95.1 Å². The molecule has 0 aliphatic carbocycles. The van der Waals surface area contributed by atoms with Gasteiger partial charge in [-0.2, -0.15) is 0 Å². The van der Waals surface area contributed by atoms with Crippen molar-refractivity contribution in [3.8, 4) is 22.4 Å². The molecule has 1 heterocycles. The molecule has 4 aromatic rings. The predicted molar refractivity (Wildman–Crippen MR) is 128 cm³/mol. The van der Waals surface area contributed by atoms with Gasteiger partial charge in [-0.25, -0.2) is 0 Å². The third-order valence-electron chi connectivity index (χ3n) is 4.95. The minimum atomic E-state index is -0.155. The highest BCUT2D eigenvalue weighted by atomic mass is 35.5. The Hall–Kier alpha value is -2.95. The summed E-state index contributed by atoms with van der Waals surface area (Å²) in [4.78, 5) is 17.5. The number of hydrogen-bond acceptors (Lipinski definition) is 2. The average Bonchev–Trinajstić information content (AvgIpc) is 3.30. The van der Waals surface area contributed by atoms with E-state index in [2.05, 4.69) is 47.6 Å². The van der Waals surface area contributed by atoms with Crippen molar-refractivity contribution in [1.82, 2.24) is 4.98 Å². The van der Waals surface area contributed by atoms with Crippen LogP contribution < -0.4 is 5.32 Å². The van der Waals surface area contributed by atoms with Crippen molar-refractivity contribution < 1.29 is 4.79 Å². The lowest BCUT2D eigenvalue weighted by Gasteiger charge is -2.13. The first-order valence-corrected chi connectivity index (χ1v) is 11.1. The number of aryl methyl sites for hydroxylation is 1. The average molecular weight is 433 g/mol. The summed E-state index contributed by atoms with van der Waals surface area (Å²) in [6.45, 7) is 2.05. The summed E-state index contributed by atoms with van der Waals surface area (Å²) in [5.74, 6) is -0.155. The van der Waals surface area contributed by atoms with E-state index >= 15 is 0 Å². The minimum Gasteiger partial charge on any atom is -0.361 e. The molecule has 0 fully saturated rings. The highest BCUT2D eigenvalue weighted by Gasteiger charge is 2.15. The number of carbonyl (C=O) groups excluding carboxylic acids is 1. The van der Waals surface area contributed by atoms with Crippen LogP contribution in [0.4, 0.5) is 5.69 Å². The SMILES string of the molecule is CSc1ccc(C(=O)Nc2ccc(Cl)c(-c3ccc[nH]3)c2)c(-c2ccc(C)cc2)c1. The highest BCUT2D eigenvalue weighted by molar-refractivity contribution is 7.98. The molecule has 0 saturated carbocycles. The van der Waals surface area contributed by atoms with Crippen molar-refractivity contribution in [2.45, 2.75) is 11.8 Å². The molecule has 3 nitrogen and oxygen atoms in total. The Kier molecular flexibility index (Phi) is 5.98. The van der Waals surface area contributed by atoms with Gasteiger partial charge in [-0.05, 0) is 72.8 Å². The number of benzene rings is 3. The van der Waals surface area contributed by atoms with E-state index in [0.29, 0.717) is 16.3 Å². The number of H-pyrrole nitrogens is 1. The molecule has 1 amide bonds. The van der Waals surface area contributed by atoms with Crippen LogP contribution in [0.3, 0.4) is 0 Å². The quantitative estimate of drug-likeness (QED) is 0.325. The van der Waals surface area contributed by atoms with E-state index < -0.39 is 0 Å². The lowest BCUT2D eigenvalue weighted by molar-refractivity contribution is 0.102. The van der Waals surface area contributed by atoms with E-state index in [0.717, 1.165) is 27.3 Å². The summed E-state index contributed by atoms with van der Waals surface area (Å²) in [6.07, 6.45) is 3.88. The van der Waals surface area contributed by atoms with Crippen molar-refractivity contribution in [2.75, 3.05) is 11.6 Å². The fraction of sp³-hybridized carbons (Fsp3) is 0.0800. The standard InChI is InChI=1S/C25H21ClN2OS/c1-16-5-7-17(8-6-16)21-15-19(30-2)10-11-20(21)25(29)28-18-9-12-23(26)22(14-18)24-4-3-13-27-24/h3-15,27H,1-2H3,(H,28,29). The first kappa shape index (κ1) is 20.3. The molecule has 0 aliphatic rings. The third kappa shape index (κ3) is 4.30. The molecule has 150 valence electrons. The maximum absolute atomic E-state index is 13.2. The lowest BCUT2D eigenvalue weighted by Crippen LogP contribution is -2.13. The second-order valence-corrected chi connectivity index (χ2v) is 8.30. The molecule has 0 atom stereocenters. The Bertz CT molecular complexity index is 1180. The van der Waals surface area contributed by atoms with Gasteiger partial charge in [-0.3, -0.25) is 4.79 Å². The number of halogens is 1. The molecule has 0 radical (unpaired) electrons. The molecule has 4 rings (SSSR count). The molecular formula is C25H21ClN2OS. The van der Waals surface area contributed by atoms with Gasteiger partial charge in [0.15, 0.2) is 0 Å². The predicted octanol–water partition coefficient (Wildman–Crippen LogP) is 7.28. The Balaban J connectivity index is 1.69. The number of amides is 1. The molecular weight excluding hydrogens is 412 g/mol. The van der Waals surface area contributed by atoms with Crippen LogP contribution in [-0.2, 0) is 0 Å². The Morgan fingerprint density at radius 2 is 1.77 bits per heavy atom. The fourth-order valence-electron chi connectivity index (χ4n) is 3.33. The summed E-state index contributed by atoms with van der Waals surface area (Å²) < 4.78 is 0. The molecule has 5 heteroatoms. The van der Waals surface area contributed by atoms with Crippen LogP contribution >= 0.6 is 23.4 Å². The largest absolute Gasteiger partial charge is 0.361 e. The van der Waals surface area contributed by atoms with Crippen LogP contribution in [0.2, 0.25) is 5.02 Å². The maximum Gasteiger partial charge on any atom is 0.256 e. The van der Waals surface area contributed by atoms with Gasteiger partial charge in [0.2, 0.25) is 0 Å². The fourth-order valence-corrected chi connectivity index (χ4v) is 3.99. The van der Waals surface area contributed by atoms with Gasteiger partial charge in [-0.15, -0.1) is 11.8 Å². The zero-order chi connectivity index (χ0) is 21.1. The van der Waals surface area contributed by atoms with Gasteiger partial charge in [-0.1, -0.05) is 41.4 Å².